The van der Waals surface area contributed by atoms with E-state index < -0.39 is 0 Å². The molecule has 0 atom stereocenters. The molecule has 0 unspecified atom stereocenters. The van der Waals surface area contributed by atoms with Gasteiger partial charge in [0.05, 0.1) is 0 Å². The summed E-state index contributed by atoms with van der Waals surface area (Å²) in [7, 11) is 0. The molecule has 5 nitrogen and oxygen atoms in total. The summed E-state index contributed by atoms with van der Waals surface area (Å²) in [5, 5.41) is 6.36. The number of aromatic nitrogens is 3. The van der Waals surface area contributed by atoms with Crippen LogP contribution < -0.4 is 10.6 Å². The summed E-state index contributed by atoms with van der Waals surface area (Å²) in [6, 6.07) is 12.5. The van der Waals surface area contributed by atoms with Crippen LogP contribution in [-0.4, -0.2) is 21.5 Å². The van der Waals surface area contributed by atoms with Crippen molar-refractivity contribution in [3.05, 3.63) is 78.0 Å². The fraction of sp³-hybridized carbons (Fsp3) is 0.167. The molecule has 2 heterocycles. The molecule has 1 aromatic carbocycles. The van der Waals surface area contributed by atoms with Gasteiger partial charge in [0.15, 0.2) is 0 Å². The predicted octanol–water partition coefficient (Wildman–Crippen LogP) is 3.28. The highest BCUT2D eigenvalue weighted by molar-refractivity contribution is 5.40. The first-order chi connectivity index (χ1) is 11.8. The molecule has 122 valence electrons. The number of rotatable bonds is 7. The van der Waals surface area contributed by atoms with Gasteiger partial charge in [-0.25, -0.2) is 9.37 Å². The fourth-order valence-electron chi connectivity index (χ4n) is 2.25. The molecule has 0 saturated heterocycles. The molecule has 24 heavy (non-hydrogen) atoms. The average molecular weight is 323 g/mol. The van der Waals surface area contributed by atoms with Crippen molar-refractivity contribution in [1.29, 1.82) is 0 Å². The normalized spacial score (nSPS) is 10.4. The zero-order chi connectivity index (χ0) is 16.6. The van der Waals surface area contributed by atoms with Crippen LogP contribution in [0.25, 0.3) is 0 Å². The number of nitrogens with one attached hydrogen (secondary N) is 2. The third-order valence-electron chi connectivity index (χ3n) is 3.51. The van der Waals surface area contributed by atoms with E-state index in [1.807, 2.05) is 18.2 Å². The van der Waals surface area contributed by atoms with E-state index in [0.717, 1.165) is 5.56 Å². The van der Waals surface area contributed by atoms with Crippen LogP contribution >= 0.6 is 0 Å². The van der Waals surface area contributed by atoms with Crippen molar-refractivity contribution >= 4 is 11.8 Å². The molecule has 0 aliphatic carbocycles. The zero-order valence-corrected chi connectivity index (χ0v) is 13.1. The molecule has 2 N–H and O–H groups in total. The Kier molecular flexibility index (Phi) is 5.29. The first-order valence-corrected chi connectivity index (χ1v) is 7.74. The second-order valence-electron chi connectivity index (χ2n) is 5.24. The second kappa shape index (κ2) is 8.01. The summed E-state index contributed by atoms with van der Waals surface area (Å²) in [5.41, 5.74) is 1.79. The van der Waals surface area contributed by atoms with Gasteiger partial charge < -0.3 is 10.6 Å². The number of halogens is 1. The van der Waals surface area contributed by atoms with Gasteiger partial charge in [0.25, 0.3) is 0 Å². The van der Waals surface area contributed by atoms with Crippen LogP contribution in [0.1, 0.15) is 11.1 Å². The maximum atomic E-state index is 13.6. The molecule has 0 bridgehead atoms. The summed E-state index contributed by atoms with van der Waals surface area (Å²) < 4.78 is 13.6. The van der Waals surface area contributed by atoms with E-state index in [9.17, 15) is 4.39 Å². The summed E-state index contributed by atoms with van der Waals surface area (Å²) in [4.78, 5) is 12.6. The van der Waals surface area contributed by atoms with E-state index in [-0.39, 0.29) is 5.82 Å². The van der Waals surface area contributed by atoms with E-state index in [4.69, 9.17) is 0 Å². The Morgan fingerprint density at radius 1 is 0.917 bits per heavy atom. The lowest BCUT2D eigenvalue weighted by molar-refractivity contribution is 0.610. The van der Waals surface area contributed by atoms with Crippen molar-refractivity contribution in [1.82, 2.24) is 15.0 Å². The van der Waals surface area contributed by atoms with Gasteiger partial charge in [-0.1, -0.05) is 18.2 Å². The summed E-state index contributed by atoms with van der Waals surface area (Å²) >= 11 is 0. The molecule has 0 saturated carbocycles. The number of hydrogen-bond donors (Lipinski definition) is 2. The minimum absolute atomic E-state index is 0.179. The van der Waals surface area contributed by atoms with Crippen LogP contribution in [0.2, 0.25) is 0 Å². The Bertz CT molecular complexity index is 779. The molecule has 0 radical (unpaired) electrons. The van der Waals surface area contributed by atoms with Crippen molar-refractivity contribution in [2.75, 3.05) is 17.2 Å². The molecule has 0 fully saturated rings. The van der Waals surface area contributed by atoms with Gasteiger partial charge in [0.2, 0.25) is 5.95 Å². The molecule has 6 heteroatoms. The topological polar surface area (TPSA) is 62.7 Å². The van der Waals surface area contributed by atoms with Gasteiger partial charge in [-0.15, -0.1) is 0 Å². The fourth-order valence-corrected chi connectivity index (χ4v) is 2.25. The summed E-state index contributed by atoms with van der Waals surface area (Å²) in [6.45, 7) is 1.23. The van der Waals surface area contributed by atoms with Crippen molar-refractivity contribution in [3.63, 3.8) is 0 Å². The molecule has 3 rings (SSSR count). The Balaban J connectivity index is 1.52. The molecule has 0 aliphatic heterocycles. The highest BCUT2D eigenvalue weighted by Gasteiger charge is 2.02. The lowest BCUT2D eigenvalue weighted by Crippen LogP contribution is -2.09. The Hall–Kier alpha value is -3.02. The standard InChI is InChI=1S/C18H18FN5/c19-16-4-2-1-3-15(16)7-11-21-17-8-12-22-18(24-17)23-13-14-5-9-20-10-6-14/h1-6,8-10,12H,7,11,13H2,(H2,21,22,23,24). The lowest BCUT2D eigenvalue weighted by Gasteiger charge is -2.09. The number of benzene rings is 1. The van der Waals surface area contributed by atoms with Crippen LogP contribution in [0.15, 0.2) is 61.1 Å². The van der Waals surface area contributed by atoms with Crippen molar-refractivity contribution in [2.24, 2.45) is 0 Å². The van der Waals surface area contributed by atoms with Crippen LogP contribution in [0.3, 0.4) is 0 Å². The van der Waals surface area contributed by atoms with E-state index in [0.29, 0.717) is 36.8 Å². The highest BCUT2D eigenvalue weighted by Crippen LogP contribution is 2.10. The van der Waals surface area contributed by atoms with Crippen molar-refractivity contribution < 1.29 is 4.39 Å². The maximum Gasteiger partial charge on any atom is 0.224 e. The molecular weight excluding hydrogens is 305 g/mol. The Labute approximate surface area is 140 Å². The maximum absolute atomic E-state index is 13.6. The molecule has 0 spiro atoms. The number of anilines is 2. The first-order valence-electron chi connectivity index (χ1n) is 7.74. The van der Waals surface area contributed by atoms with Gasteiger partial charge in [-0.3, -0.25) is 4.98 Å². The first kappa shape index (κ1) is 15.9. The Morgan fingerprint density at radius 3 is 2.58 bits per heavy atom. The molecule has 0 aliphatic rings. The van der Waals surface area contributed by atoms with Gasteiger partial charge in [-0.05, 0) is 41.8 Å². The number of hydrogen-bond acceptors (Lipinski definition) is 5. The number of pyridine rings is 1. The SMILES string of the molecule is Fc1ccccc1CCNc1ccnc(NCc2ccncc2)n1. The summed E-state index contributed by atoms with van der Waals surface area (Å²) in [5.74, 6) is 1.07. The van der Waals surface area contributed by atoms with E-state index in [1.54, 1.807) is 36.8 Å². The van der Waals surface area contributed by atoms with Gasteiger partial charge in [0, 0.05) is 31.7 Å². The predicted molar refractivity (Wildman–Crippen MR) is 92.2 cm³/mol. The molecule has 2 aromatic heterocycles. The highest BCUT2D eigenvalue weighted by atomic mass is 19.1. The Morgan fingerprint density at radius 2 is 1.75 bits per heavy atom. The third kappa shape index (κ3) is 4.49. The van der Waals surface area contributed by atoms with Gasteiger partial charge >= 0.3 is 0 Å². The average Bonchev–Trinajstić information content (AvgIpc) is 2.63. The number of nitrogens with zero attached hydrogens (tertiary/aromatic N) is 3. The largest absolute Gasteiger partial charge is 0.370 e. The molecular formula is C18H18FN5. The van der Waals surface area contributed by atoms with E-state index >= 15 is 0 Å². The van der Waals surface area contributed by atoms with Crippen LogP contribution in [0.5, 0.6) is 0 Å². The lowest BCUT2D eigenvalue weighted by atomic mass is 10.1. The summed E-state index contributed by atoms with van der Waals surface area (Å²) in [6.07, 6.45) is 5.78. The van der Waals surface area contributed by atoms with Crippen molar-refractivity contribution in [2.45, 2.75) is 13.0 Å². The van der Waals surface area contributed by atoms with Gasteiger partial charge in [-0.2, -0.15) is 4.98 Å². The van der Waals surface area contributed by atoms with Crippen molar-refractivity contribution in [3.8, 4) is 0 Å². The monoisotopic (exact) mass is 323 g/mol. The van der Waals surface area contributed by atoms with Crippen LogP contribution in [-0.2, 0) is 13.0 Å². The van der Waals surface area contributed by atoms with Crippen LogP contribution in [0, 0.1) is 5.82 Å². The van der Waals surface area contributed by atoms with E-state index in [1.165, 1.54) is 6.07 Å². The minimum Gasteiger partial charge on any atom is -0.370 e. The van der Waals surface area contributed by atoms with Gasteiger partial charge in [0.1, 0.15) is 11.6 Å². The molecule has 3 aromatic rings. The van der Waals surface area contributed by atoms with Crippen LogP contribution in [0.4, 0.5) is 16.2 Å². The van der Waals surface area contributed by atoms with E-state index in [2.05, 4.69) is 25.6 Å². The third-order valence-corrected chi connectivity index (χ3v) is 3.51. The second-order valence-corrected chi connectivity index (χ2v) is 5.24. The zero-order valence-electron chi connectivity index (χ0n) is 13.1. The minimum atomic E-state index is -0.179. The quantitative estimate of drug-likeness (QED) is 0.699. The molecule has 0 amide bonds. The smallest absolute Gasteiger partial charge is 0.224 e.